The summed E-state index contributed by atoms with van der Waals surface area (Å²) in [4.78, 5) is 0. The second-order valence-electron chi connectivity index (χ2n) is 5.31. The number of unbranched alkanes of at least 4 members (excludes halogenated alkanes) is 1. The summed E-state index contributed by atoms with van der Waals surface area (Å²) in [6.45, 7) is 7.60. The molecule has 1 fully saturated rings. The summed E-state index contributed by atoms with van der Waals surface area (Å²) in [6, 6.07) is 0. The van der Waals surface area contributed by atoms with Crippen molar-refractivity contribution in [3.63, 3.8) is 0 Å². The van der Waals surface area contributed by atoms with E-state index in [4.69, 9.17) is 0 Å². The van der Waals surface area contributed by atoms with Gasteiger partial charge in [-0.3, -0.25) is 0 Å². The van der Waals surface area contributed by atoms with Gasteiger partial charge in [0.15, 0.2) is 0 Å². The zero-order valence-corrected chi connectivity index (χ0v) is 12.6. The Balaban J connectivity index is 2.33. The molecule has 0 spiro atoms. The molecule has 0 aliphatic carbocycles. The summed E-state index contributed by atoms with van der Waals surface area (Å²) in [5.41, 5.74) is 0. The van der Waals surface area contributed by atoms with E-state index < -0.39 is 10.0 Å². The SMILES string of the molecule is CCNCCCCS(=O)(=O)N1CCCC(C)CC1. The second kappa shape index (κ2) is 8.12. The third-order valence-electron chi connectivity index (χ3n) is 3.62. The summed E-state index contributed by atoms with van der Waals surface area (Å²) >= 11 is 0. The van der Waals surface area contributed by atoms with Gasteiger partial charge in [0.05, 0.1) is 5.75 Å². The van der Waals surface area contributed by atoms with Crippen LogP contribution in [0.25, 0.3) is 0 Å². The Morgan fingerprint density at radius 2 is 2.00 bits per heavy atom. The van der Waals surface area contributed by atoms with E-state index in [2.05, 4.69) is 19.2 Å². The fourth-order valence-corrected chi connectivity index (χ4v) is 3.97. The van der Waals surface area contributed by atoms with Crippen LogP contribution in [0.4, 0.5) is 0 Å². The molecule has 0 aromatic heterocycles. The predicted molar refractivity (Wildman–Crippen MR) is 76.2 cm³/mol. The van der Waals surface area contributed by atoms with Crippen LogP contribution in [-0.4, -0.2) is 44.7 Å². The Hall–Kier alpha value is -0.130. The zero-order valence-electron chi connectivity index (χ0n) is 11.8. The fourth-order valence-electron chi connectivity index (χ4n) is 2.36. The van der Waals surface area contributed by atoms with E-state index in [-0.39, 0.29) is 0 Å². The summed E-state index contributed by atoms with van der Waals surface area (Å²) in [5, 5.41) is 3.22. The van der Waals surface area contributed by atoms with Crippen LogP contribution in [-0.2, 0) is 10.0 Å². The minimum absolute atomic E-state index is 0.312. The Labute approximate surface area is 112 Å². The topological polar surface area (TPSA) is 49.4 Å². The molecule has 1 N–H and O–H groups in total. The van der Waals surface area contributed by atoms with Gasteiger partial charge in [-0.1, -0.05) is 13.8 Å². The number of hydrogen-bond donors (Lipinski definition) is 1. The van der Waals surface area contributed by atoms with Crippen LogP contribution in [0.2, 0.25) is 0 Å². The van der Waals surface area contributed by atoms with Crippen molar-refractivity contribution in [1.29, 1.82) is 0 Å². The Bertz CT molecular complexity index is 317. The van der Waals surface area contributed by atoms with Crippen LogP contribution in [0.3, 0.4) is 0 Å². The van der Waals surface area contributed by atoms with Crippen molar-refractivity contribution in [2.24, 2.45) is 5.92 Å². The molecule has 1 aliphatic rings. The lowest BCUT2D eigenvalue weighted by molar-refractivity contribution is 0.415. The van der Waals surface area contributed by atoms with Crippen molar-refractivity contribution in [3.8, 4) is 0 Å². The standard InChI is InChI=1S/C13H28N2O2S/c1-3-14-9-4-5-12-18(16,17)15-10-6-7-13(2)8-11-15/h13-14H,3-12H2,1-2H3. The lowest BCUT2D eigenvalue weighted by atomic mass is 10.0. The van der Waals surface area contributed by atoms with Gasteiger partial charge in [-0.25, -0.2) is 12.7 Å². The van der Waals surface area contributed by atoms with Gasteiger partial charge < -0.3 is 5.32 Å². The first-order valence-corrected chi connectivity index (χ1v) is 8.85. The second-order valence-corrected chi connectivity index (χ2v) is 7.40. The number of hydrogen-bond acceptors (Lipinski definition) is 3. The van der Waals surface area contributed by atoms with Crippen LogP contribution in [0.15, 0.2) is 0 Å². The van der Waals surface area contributed by atoms with Gasteiger partial charge >= 0.3 is 0 Å². The molecule has 108 valence electrons. The molecule has 4 nitrogen and oxygen atoms in total. The van der Waals surface area contributed by atoms with E-state index >= 15 is 0 Å². The third kappa shape index (κ3) is 5.67. The van der Waals surface area contributed by atoms with E-state index in [9.17, 15) is 8.42 Å². The van der Waals surface area contributed by atoms with Gasteiger partial charge in [-0.05, 0) is 51.1 Å². The molecule has 1 rings (SSSR count). The van der Waals surface area contributed by atoms with Crippen molar-refractivity contribution < 1.29 is 8.42 Å². The molecule has 1 saturated heterocycles. The molecule has 0 bridgehead atoms. The smallest absolute Gasteiger partial charge is 0.214 e. The zero-order chi connectivity index (χ0) is 13.4. The number of sulfonamides is 1. The normalized spacial score (nSPS) is 22.9. The minimum atomic E-state index is -3.01. The number of nitrogens with one attached hydrogen (secondary N) is 1. The number of nitrogens with zero attached hydrogens (tertiary/aromatic N) is 1. The van der Waals surface area contributed by atoms with Gasteiger partial charge in [0.25, 0.3) is 0 Å². The van der Waals surface area contributed by atoms with Crippen molar-refractivity contribution in [3.05, 3.63) is 0 Å². The van der Waals surface area contributed by atoms with Gasteiger partial charge in [0, 0.05) is 13.1 Å². The Morgan fingerprint density at radius 1 is 1.22 bits per heavy atom. The lowest BCUT2D eigenvalue weighted by Gasteiger charge is -2.20. The maximum Gasteiger partial charge on any atom is 0.214 e. The van der Waals surface area contributed by atoms with E-state index in [1.54, 1.807) is 4.31 Å². The molecule has 0 saturated carbocycles. The predicted octanol–water partition coefficient (Wildman–Crippen LogP) is 1.83. The molecule has 1 aliphatic heterocycles. The largest absolute Gasteiger partial charge is 0.317 e. The van der Waals surface area contributed by atoms with Gasteiger partial charge in [0.2, 0.25) is 10.0 Å². The maximum atomic E-state index is 12.2. The lowest BCUT2D eigenvalue weighted by Crippen LogP contribution is -2.34. The van der Waals surface area contributed by atoms with E-state index in [0.717, 1.165) is 58.3 Å². The molecule has 0 amide bonds. The fraction of sp³-hybridized carbons (Fsp3) is 1.00. The van der Waals surface area contributed by atoms with Crippen molar-refractivity contribution in [1.82, 2.24) is 9.62 Å². The van der Waals surface area contributed by atoms with Crippen LogP contribution in [0.1, 0.15) is 46.0 Å². The molecule has 18 heavy (non-hydrogen) atoms. The molecular weight excluding hydrogens is 248 g/mol. The molecule has 0 aromatic rings. The Morgan fingerprint density at radius 3 is 2.72 bits per heavy atom. The highest BCUT2D eigenvalue weighted by molar-refractivity contribution is 7.89. The molecule has 1 heterocycles. The first-order chi connectivity index (χ1) is 8.56. The third-order valence-corrected chi connectivity index (χ3v) is 5.58. The summed E-state index contributed by atoms with van der Waals surface area (Å²) in [5.74, 6) is 0.978. The van der Waals surface area contributed by atoms with Crippen molar-refractivity contribution >= 4 is 10.0 Å². The highest BCUT2D eigenvalue weighted by Crippen LogP contribution is 2.19. The first-order valence-electron chi connectivity index (χ1n) is 7.25. The monoisotopic (exact) mass is 276 g/mol. The minimum Gasteiger partial charge on any atom is -0.317 e. The average molecular weight is 276 g/mol. The maximum absolute atomic E-state index is 12.2. The van der Waals surface area contributed by atoms with Crippen LogP contribution in [0, 0.1) is 5.92 Å². The molecular formula is C13H28N2O2S. The van der Waals surface area contributed by atoms with E-state index in [1.807, 2.05) is 0 Å². The van der Waals surface area contributed by atoms with E-state index in [1.165, 1.54) is 0 Å². The van der Waals surface area contributed by atoms with Crippen LogP contribution >= 0.6 is 0 Å². The Kier molecular flexibility index (Phi) is 7.19. The molecule has 0 radical (unpaired) electrons. The molecule has 1 atom stereocenters. The molecule has 5 heteroatoms. The highest BCUT2D eigenvalue weighted by atomic mass is 32.2. The summed E-state index contributed by atoms with van der Waals surface area (Å²) in [7, 11) is -3.01. The molecule has 0 aromatic carbocycles. The molecule has 1 unspecified atom stereocenters. The van der Waals surface area contributed by atoms with Gasteiger partial charge in [0.1, 0.15) is 0 Å². The van der Waals surface area contributed by atoms with Crippen LogP contribution in [0.5, 0.6) is 0 Å². The van der Waals surface area contributed by atoms with Crippen LogP contribution < -0.4 is 5.32 Å². The van der Waals surface area contributed by atoms with Crippen molar-refractivity contribution in [2.45, 2.75) is 46.0 Å². The van der Waals surface area contributed by atoms with Crippen molar-refractivity contribution in [2.75, 3.05) is 31.9 Å². The van der Waals surface area contributed by atoms with Gasteiger partial charge in [-0.15, -0.1) is 0 Å². The van der Waals surface area contributed by atoms with Gasteiger partial charge in [-0.2, -0.15) is 0 Å². The number of rotatable bonds is 7. The highest BCUT2D eigenvalue weighted by Gasteiger charge is 2.24. The van der Waals surface area contributed by atoms with E-state index in [0.29, 0.717) is 11.7 Å². The first kappa shape index (κ1) is 15.9. The summed E-state index contributed by atoms with van der Waals surface area (Å²) < 4.78 is 26.1. The quantitative estimate of drug-likeness (QED) is 0.722. The average Bonchev–Trinajstić information content (AvgIpc) is 2.54. The summed E-state index contributed by atoms with van der Waals surface area (Å²) in [6.07, 6.45) is 4.89.